The summed E-state index contributed by atoms with van der Waals surface area (Å²) in [4.78, 5) is 8.72. The number of terminal acetylenes is 1. The normalized spacial score (nSPS) is 10.4. The second-order valence-corrected chi connectivity index (χ2v) is 5.28. The van der Waals surface area contributed by atoms with Crippen LogP contribution in [0.5, 0.6) is 5.75 Å². The van der Waals surface area contributed by atoms with Crippen molar-refractivity contribution in [2.45, 2.75) is 6.54 Å². The van der Waals surface area contributed by atoms with Gasteiger partial charge in [0, 0.05) is 34.8 Å². The molecule has 2 N–H and O–H groups in total. The lowest BCUT2D eigenvalue weighted by Crippen LogP contribution is -2.07. The number of nitrogens with one attached hydrogen (secondary N) is 2. The van der Waals surface area contributed by atoms with Crippen LogP contribution in [0.25, 0.3) is 10.9 Å². The fourth-order valence-corrected chi connectivity index (χ4v) is 2.57. The number of ether oxygens (including phenoxy) is 1. The first-order valence-electron chi connectivity index (χ1n) is 7.55. The van der Waals surface area contributed by atoms with Crippen molar-refractivity contribution in [1.29, 1.82) is 0 Å². The van der Waals surface area contributed by atoms with Crippen LogP contribution >= 0.6 is 0 Å². The molecular formula is C19H18N4O. The molecule has 0 atom stereocenters. The molecule has 1 aromatic heterocycles. The van der Waals surface area contributed by atoms with Crippen molar-refractivity contribution in [1.82, 2.24) is 15.3 Å². The Morgan fingerprint density at radius 3 is 2.83 bits per heavy atom. The molecule has 0 bridgehead atoms. The summed E-state index contributed by atoms with van der Waals surface area (Å²) in [5, 5.41) is 7.39. The highest BCUT2D eigenvalue weighted by molar-refractivity contribution is 5.92. The zero-order chi connectivity index (χ0) is 16.9. The van der Waals surface area contributed by atoms with Crippen LogP contribution < -0.4 is 15.4 Å². The lowest BCUT2D eigenvalue weighted by Gasteiger charge is -2.13. The van der Waals surface area contributed by atoms with Gasteiger partial charge in [-0.3, -0.25) is 0 Å². The van der Waals surface area contributed by atoms with E-state index in [-0.39, 0.29) is 0 Å². The second kappa shape index (κ2) is 6.99. The minimum atomic E-state index is 0.694. The lowest BCUT2D eigenvalue weighted by atomic mass is 10.1. The summed E-state index contributed by atoms with van der Waals surface area (Å²) in [5.41, 5.74) is 3.56. The first-order valence-corrected chi connectivity index (χ1v) is 7.55. The average molecular weight is 318 g/mol. The molecule has 5 nitrogen and oxygen atoms in total. The Morgan fingerprint density at radius 2 is 2.08 bits per heavy atom. The van der Waals surface area contributed by atoms with Crippen molar-refractivity contribution in [3.05, 3.63) is 53.9 Å². The van der Waals surface area contributed by atoms with Crippen LogP contribution in [0.2, 0.25) is 0 Å². The third-order valence-electron chi connectivity index (χ3n) is 3.70. The standard InChI is InChI=1S/C19H18N4O/c1-4-13-6-5-7-15(8-13)23-19-16-9-14(11-20-2)18(24-3)10-17(16)21-12-22-19/h1,5-10,12,20H,11H2,2-3H3,(H,21,22,23). The average Bonchev–Trinajstić information content (AvgIpc) is 2.62. The Labute approximate surface area is 141 Å². The van der Waals surface area contributed by atoms with Gasteiger partial charge in [0.05, 0.1) is 12.6 Å². The van der Waals surface area contributed by atoms with Gasteiger partial charge in [-0.05, 0) is 31.3 Å². The Kier molecular flexibility index (Phi) is 4.59. The van der Waals surface area contributed by atoms with Crippen molar-refractivity contribution >= 4 is 22.4 Å². The molecule has 0 aliphatic rings. The molecule has 0 unspecified atom stereocenters. The molecule has 3 rings (SSSR count). The lowest BCUT2D eigenvalue weighted by molar-refractivity contribution is 0.409. The maximum absolute atomic E-state index is 5.46. The molecule has 0 saturated heterocycles. The van der Waals surface area contributed by atoms with Crippen LogP contribution in [0.1, 0.15) is 11.1 Å². The molecule has 0 amide bonds. The number of aromatic nitrogens is 2. The minimum absolute atomic E-state index is 0.694. The van der Waals surface area contributed by atoms with Gasteiger partial charge in [0.1, 0.15) is 17.9 Å². The number of rotatable bonds is 5. The number of hydrogen-bond donors (Lipinski definition) is 2. The molecule has 0 radical (unpaired) electrons. The van der Waals surface area contributed by atoms with E-state index in [1.807, 2.05) is 43.4 Å². The molecule has 0 aliphatic carbocycles. The number of anilines is 2. The summed E-state index contributed by atoms with van der Waals surface area (Å²) < 4.78 is 5.45. The molecule has 3 aromatic rings. The molecule has 0 fully saturated rings. The molecule has 120 valence electrons. The largest absolute Gasteiger partial charge is 0.496 e. The van der Waals surface area contributed by atoms with Gasteiger partial charge in [0.15, 0.2) is 0 Å². The fraction of sp³-hybridized carbons (Fsp3) is 0.158. The maximum Gasteiger partial charge on any atom is 0.141 e. The van der Waals surface area contributed by atoms with Crippen molar-refractivity contribution < 1.29 is 4.74 Å². The number of nitrogens with zero attached hydrogens (tertiary/aromatic N) is 2. The van der Waals surface area contributed by atoms with Crippen LogP contribution in [0.3, 0.4) is 0 Å². The van der Waals surface area contributed by atoms with Gasteiger partial charge in [-0.2, -0.15) is 0 Å². The first-order chi connectivity index (χ1) is 11.7. The predicted octanol–water partition coefficient (Wildman–Crippen LogP) is 3.08. The predicted molar refractivity (Wildman–Crippen MR) is 96.5 cm³/mol. The Hall–Kier alpha value is -3.10. The van der Waals surface area contributed by atoms with Crippen LogP contribution in [0, 0.1) is 12.3 Å². The second-order valence-electron chi connectivity index (χ2n) is 5.28. The summed E-state index contributed by atoms with van der Waals surface area (Å²) in [6.07, 6.45) is 7.00. The molecule has 1 heterocycles. The Morgan fingerprint density at radius 1 is 1.21 bits per heavy atom. The highest BCUT2D eigenvalue weighted by Gasteiger charge is 2.10. The number of benzene rings is 2. The molecule has 2 aromatic carbocycles. The molecular weight excluding hydrogens is 300 g/mol. The number of fused-ring (bicyclic) bond motifs is 1. The van der Waals surface area contributed by atoms with Crippen molar-refractivity contribution in [3.8, 4) is 18.1 Å². The molecule has 0 aliphatic heterocycles. The van der Waals surface area contributed by atoms with E-state index in [0.717, 1.165) is 39.3 Å². The molecule has 0 spiro atoms. The van der Waals surface area contributed by atoms with Crippen LogP contribution in [-0.2, 0) is 6.54 Å². The summed E-state index contributed by atoms with van der Waals surface area (Å²) in [5.74, 6) is 4.17. The van der Waals surface area contributed by atoms with Gasteiger partial charge < -0.3 is 15.4 Å². The van der Waals surface area contributed by atoms with E-state index in [1.165, 1.54) is 6.33 Å². The van der Waals surface area contributed by atoms with Crippen molar-refractivity contribution in [3.63, 3.8) is 0 Å². The summed E-state index contributed by atoms with van der Waals surface area (Å²) in [7, 11) is 3.56. The Bertz CT molecular complexity index is 915. The van der Waals surface area contributed by atoms with Gasteiger partial charge in [-0.1, -0.05) is 12.0 Å². The van der Waals surface area contributed by atoms with Gasteiger partial charge in [0.2, 0.25) is 0 Å². The van der Waals surface area contributed by atoms with Crippen molar-refractivity contribution in [2.75, 3.05) is 19.5 Å². The van der Waals surface area contributed by atoms with E-state index in [2.05, 4.69) is 26.5 Å². The van der Waals surface area contributed by atoms with Gasteiger partial charge >= 0.3 is 0 Å². The third-order valence-corrected chi connectivity index (χ3v) is 3.70. The Balaban J connectivity index is 2.07. The van der Waals surface area contributed by atoms with E-state index in [0.29, 0.717) is 6.54 Å². The zero-order valence-corrected chi connectivity index (χ0v) is 13.6. The third kappa shape index (κ3) is 3.14. The summed E-state index contributed by atoms with van der Waals surface area (Å²) in [6, 6.07) is 11.6. The fourth-order valence-electron chi connectivity index (χ4n) is 2.57. The molecule has 5 heteroatoms. The van der Waals surface area contributed by atoms with Crippen LogP contribution in [0.4, 0.5) is 11.5 Å². The van der Waals surface area contributed by atoms with E-state index >= 15 is 0 Å². The maximum atomic E-state index is 5.46. The van der Waals surface area contributed by atoms with E-state index in [4.69, 9.17) is 11.2 Å². The van der Waals surface area contributed by atoms with E-state index in [1.54, 1.807) is 7.11 Å². The first kappa shape index (κ1) is 15.8. The van der Waals surface area contributed by atoms with Gasteiger partial charge in [-0.25, -0.2) is 9.97 Å². The minimum Gasteiger partial charge on any atom is -0.496 e. The topological polar surface area (TPSA) is 59.1 Å². The molecule has 0 saturated carbocycles. The van der Waals surface area contributed by atoms with Crippen LogP contribution in [-0.4, -0.2) is 24.1 Å². The number of hydrogen-bond acceptors (Lipinski definition) is 5. The smallest absolute Gasteiger partial charge is 0.141 e. The highest BCUT2D eigenvalue weighted by Crippen LogP contribution is 2.29. The summed E-state index contributed by atoms with van der Waals surface area (Å²) in [6.45, 7) is 0.694. The zero-order valence-electron chi connectivity index (χ0n) is 13.6. The monoisotopic (exact) mass is 318 g/mol. The number of methoxy groups -OCH3 is 1. The van der Waals surface area contributed by atoms with E-state index < -0.39 is 0 Å². The van der Waals surface area contributed by atoms with E-state index in [9.17, 15) is 0 Å². The van der Waals surface area contributed by atoms with Crippen LogP contribution in [0.15, 0.2) is 42.7 Å². The van der Waals surface area contributed by atoms with Gasteiger partial charge in [0.25, 0.3) is 0 Å². The van der Waals surface area contributed by atoms with Gasteiger partial charge in [-0.15, -0.1) is 6.42 Å². The SMILES string of the molecule is C#Cc1cccc(Nc2ncnc3cc(OC)c(CNC)cc23)c1. The van der Waals surface area contributed by atoms with Crippen molar-refractivity contribution in [2.24, 2.45) is 0 Å². The quantitative estimate of drug-likeness (QED) is 0.708. The summed E-state index contributed by atoms with van der Waals surface area (Å²) >= 11 is 0. The molecule has 24 heavy (non-hydrogen) atoms. The highest BCUT2D eigenvalue weighted by atomic mass is 16.5.